The van der Waals surface area contributed by atoms with Crippen LogP contribution >= 0.6 is 0 Å². The average molecular weight is 542 g/mol. The molecular formula is C34H39NO5. The number of esters is 2. The zero-order chi connectivity index (χ0) is 28.9. The maximum Gasteiger partial charge on any atom is 0.338 e. The number of hydrogen-bond acceptors (Lipinski definition) is 5. The van der Waals surface area contributed by atoms with Crippen LogP contribution in [0.1, 0.15) is 87.2 Å². The zero-order valence-electron chi connectivity index (χ0n) is 24.3. The molecule has 2 atom stereocenters. The molecule has 2 aromatic heterocycles. The smallest absolute Gasteiger partial charge is 0.338 e. The van der Waals surface area contributed by atoms with E-state index >= 15 is 0 Å². The molecular weight excluding hydrogens is 502 g/mol. The number of H-pyrrole nitrogens is 1. The Morgan fingerprint density at radius 2 is 1.93 bits per heavy atom. The monoisotopic (exact) mass is 541 g/mol. The summed E-state index contributed by atoms with van der Waals surface area (Å²) in [6, 6.07) is 9.49. The van der Waals surface area contributed by atoms with E-state index in [0.29, 0.717) is 11.3 Å². The highest BCUT2D eigenvalue weighted by Gasteiger charge is 2.38. The average Bonchev–Trinajstić information content (AvgIpc) is 3.49. The van der Waals surface area contributed by atoms with Gasteiger partial charge in [-0.3, -0.25) is 0 Å². The van der Waals surface area contributed by atoms with Gasteiger partial charge in [0, 0.05) is 34.8 Å². The van der Waals surface area contributed by atoms with Crippen molar-refractivity contribution in [3.8, 4) is 0 Å². The van der Waals surface area contributed by atoms with Gasteiger partial charge < -0.3 is 18.9 Å². The van der Waals surface area contributed by atoms with Crippen molar-refractivity contribution in [2.24, 2.45) is 5.41 Å². The number of furan rings is 1. The Labute approximate surface area is 236 Å². The molecule has 1 aromatic carbocycles. The van der Waals surface area contributed by atoms with Gasteiger partial charge in [-0.15, -0.1) is 0 Å². The van der Waals surface area contributed by atoms with Crippen molar-refractivity contribution in [3.63, 3.8) is 0 Å². The van der Waals surface area contributed by atoms with Gasteiger partial charge in [0.05, 0.1) is 11.8 Å². The van der Waals surface area contributed by atoms with Crippen LogP contribution in [0.4, 0.5) is 0 Å². The van der Waals surface area contributed by atoms with E-state index < -0.39 is 5.97 Å². The molecule has 3 aromatic rings. The molecule has 6 heteroatoms. The summed E-state index contributed by atoms with van der Waals surface area (Å²) in [5, 5.41) is 1.04. The lowest BCUT2D eigenvalue weighted by Gasteiger charge is -2.34. The lowest BCUT2D eigenvalue weighted by atomic mass is 9.69. The molecule has 0 saturated heterocycles. The molecule has 1 N–H and O–H groups in total. The number of aromatic nitrogens is 1. The molecule has 0 fully saturated rings. The van der Waals surface area contributed by atoms with Crippen molar-refractivity contribution in [2.75, 3.05) is 6.61 Å². The van der Waals surface area contributed by atoms with Crippen molar-refractivity contribution in [1.82, 2.24) is 4.98 Å². The van der Waals surface area contributed by atoms with Gasteiger partial charge >= 0.3 is 11.9 Å². The van der Waals surface area contributed by atoms with Crippen LogP contribution in [-0.2, 0) is 14.3 Å². The summed E-state index contributed by atoms with van der Waals surface area (Å²) in [6.45, 7) is 12.2. The van der Waals surface area contributed by atoms with E-state index in [1.807, 2.05) is 51.2 Å². The Bertz CT molecular complexity index is 1500. The summed E-state index contributed by atoms with van der Waals surface area (Å²) in [7, 11) is 0. The van der Waals surface area contributed by atoms with Crippen LogP contribution in [0.2, 0.25) is 0 Å². The standard InChI is InChI=1S/C34H39NO5/c1-22(2)8-7-14-34(6)15-11-27(21-39-33(37)26-10-9-25-12-16-35-30(25)20-26)32-28(19-24(5)40-32)29(34)13-17-38-31(36)18-23(3)4/h8-13,16-20,29,35H,7,14-15,21H2,1-6H3/b17-13+/t29-,34-/m0/s1. The number of rotatable bonds is 9. The maximum absolute atomic E-state index is 13.0. The van der Waals surface area contributed by atoms with E-state index in [1.165, 1.54) is 17.9 Å². The van der Waals surface area contributed by atoms with Crippen molar-refractivity contribution >= 4 is 28.4 Å². The fraction of sp³-hybridized carbons (Fsp3) is 0.353. The Balaban J connectivity index is 1.62. The first-order valence-electron chi connectivity index (χ1n) is 13.8. The molecule has 0 spiro atoms. The van der Waals surface area contributed by atoms with E-state index in [9.17, 15) is 9.59 Å². The van der Waals surface area contributed by atoms with Gasteiger partial charge in [-0.1, -0.05) is 36.3 Å². The van der Waals surface area contributed by atoms with Gasteiger partial charge in [-0.25, -0.2) is 9.59 Å². The second-order valence-corrected chi connectivity index (χ2v) is 11.4. The first kappa shape index (κ1) is 28.9. The van der Waals surface area contributed by atoms with Crippen LogP contribution in [0.5, 0.6) is 0 Å². The van der Waals surface area contributed by atoms with Crippen LogP contribution in [-0.4, -0.2) is 23.5 Å². The maximum atomic E-state index is 13.0. The molecule has 0 aliphatic heterocycles. The number of allylic oxidation sites excluding steroid dienone is 5. The second-order valence-electron chi connectivity index (χ2n) is 11.4. The second kappa shape index (κ2) is 12.4. The van der Waals surface area contributed by atoms with Crippen LogP contribution in [0, 0.1) is 12.3 Å². The third kappa shape index (κ3) is 6.92. The number of benzene rings is 1. The van der Waals surface area contributed by atoms with E-state index in [2.05, 4.69) is 37.9 Å². The lowest BCUT2D eigenvalue weighted by molar-refractivity contribution is -0.132. The number of aromatic amines is 1. The van der Waals surface area contributed by atoms with Gasteiger partial charge in [-0.05, 0) is 95.0 Å². The quantitative estimate of drug-likeness (QED) is 0.127. The Morgan fingerprint density at radius 3 is 2.67 bits per heavy atom. The highest BCUT2D eigenvalue weighted by atomic mass is 16.5. The van der Waals surface area contributed by atoms with Crippen LogP contribution in [0.15, 0.2) is 82.7 Å². The zero-order valence-corrected chi connectivity index (χ0v) is 24.3. The molecule has 0 amide bonds. The Hall–Kier alpha value is -4.06. The SMILES string of the molecule is CC(C)=CCC[C@@]1(C)CC=C(COC(=O)c2ccc3cc[nH]c3c2)c2oc(C)cc2[C@@H]1/C=C/OC(=O)C=C(C)C. The van der Waals surface area contributed by atoms with Crippen molar-refractivity contribution in [2.45, 2.75) is 66.7 Å². The fourth-order valence-electron chi connectivity index (χ4n) is 5.23. The Kier molecular flexibility index (Phi) is 8.98. The predicted octanol–water partition coefficient (Wildman–Crippen LogP) is 8.57. The number of carbonyl (C=O) groups is 2. The number of fused-ring (bicyclic) bond motifs is 2. The molecule has 4 rings (SSSR count). The van der Waals surface area contributed by atoms with E-state index in [4.69, 9.17) is 13.9 Å². The minimum atomic E-state index is -0.400. The molecule has 0 bridgehead atoms. The molecule has 40 heavy (non-hydrogen) atoms. The van der Waals surface area contributed by atoms with Crippen molar-refractivity contribution < 1.29 is 23.5 Å². The minimum absolute atomic E-state index is 0.0789. The van der Waals surface area contributed by atoms with Gasteiger partial charge in [0.1, 0.15) is 18.1 Å². The molecule has 0 radical (unpaired) electrons. The van der Waals surface area contributed by atoms with Gasteiger partial charge in [0.2, 0.25) is 0 Å². The Morgan fingerprint density at radius 1 is 1.12 bits per heavy atom. The highest BCUT2D eigenvalue weighted by molar-refractivity contribution is 5.94. The van der Waals surface area contributed by atoms with Crippen LogP contribution < -0.4 is 0 Å². The highest BCUT2D eigenvalue weighted by Crippen LogP contribution is 2.49. The van der Waals surface area contributed by atoms with E-state index in [1.54, 1.807) is 12.1 Å². The largest absolute Gasteiger partial charge is 0.461 e. The summed E-state index contributed by atoms with van der Waals surface area (Å²) >= 11 is 0. The molecule has 210 valence electrons. The number of ether oxygens (including phenoxy) is 2. The van der Waals surface area contributed by atoms with Crippen LogP contribution in [0.3, 0.4) is 0 Å². The van der Waals surface area contributed by atoms with E-state index in [0.717, 1.165) is 52.6 Å². The predicted molar refractivity (Wildman–Crippen MR) is 159 cm³/mol. The molecule has 1 aliphatic rings. The van der Waals surface area contributed by atoms with Gasteiger partial charge in [0.25, 0.3) is 0 Å². The lowest BCUT2D eigenvalue weighted by Crippen LogP contribution is -2.23. The van der Waals surface area contributed by atoms with Crippen LogP contribution in [0.25, 0.3) is 16.5 Å². The van der Waals surface area contributed by atoms with E-state index in [-0.39, 0.29) is 23.9 Å². The summed E-state index contributed by atoms with van der Waals surface area (Å²) in [5.41, 5.74) is 5.18. The fourth-order valence-corrected chi connectivity index (χ4v) is 5.23. The first-order valence-corrected chi connectivity index (χ1v) is 13.8. The molecule has 0 unspecified atom stereocenters. The molecule has 0 saturated carbocycles. The minimum Gasteiger partial charge on any atom is -0.461 e. The number of carbonyl (C=O) groups excluding carboxylic acids is 2. The summed E-state index contributed by atoms with van der Waals surface area (Å²) in [5.74, 6) is 0.613. The third-order valence-electron chi connectivity index (χ3n) is 7.36. The normalized spacial score (nSPS) is 18.6. The first-order chi connectivity index (χ1) is 19.1. The van der Waals surface area contributed by atoms with Crippen molar-refractivity contribution in [1.29, 1.82) is 0 Å². The third-order valence-corrected chi connectivity index (χ3v) is 7.36. The summed E-state index contributed by atoms with van der Waals surface area (Å²) < 4.78 is 17.4. The number of nitrogens with one attached hydrogen (secondary N) is 1. The van der Waals surface area contributed by atoms with Gasteiger partial charge in [0.15, 0.2) is 0 Å². The number of aryl methyl sites for hydroxylation is 1. The molecule has 1 aliphatic carbocycles. The summed E-state index contributed by atoms with van der Waals surface area (Å²) in [6.07, 6.45) is 13.7. The topological polar surface area (TPSA) is 81.5 Å². The molecule has 2 heterocycles. The molecule has 6 nitrogen and oxygen atoms in total. The van der Waals surface area contributed by atoms with Gasteiger partial charge in [-0.2, -0.15) is 0 Å². The van der Waals surface area contributed by atoms with Crippen molar-refractivity contribution in [3.05, 3.63) is 101 Å². The summed E-state index contributed by atoms with van der Waals surface area (Å²) in [4.78, 5) is 28.3. The number of hydrogen-bond donors (Lipinski definition) is 1.